The molecule has 51 heavy (non-hydrogen) atoms. The normalized spacial score (nSPS) is 15.7. The number of aryl methyl sites for hydroxylation is 1. The minimum Gasteiger partial charge on any atom is -0.490 e. The lowest BCUT2D eigenvalue weighted by Gasteiger charge is -2.41. The predicted molar refractivity (Wildman–Crippen MR) is 197 cm³/mol. The zero-order chi connectivity index (χ0) is 37.1. The van der Waals surface area contributed by atoms with Gasteiger partial charge in [-0.2, -0.15) is 0 Å². The molecule has 1 fully saturated rings. The van der Waals surface area contributed by atoms with E-state index in [9.17, 15) is 9.18 Å². The van der Waals surface area contributed by atoms with Gasteiger partial charge in [-0.25, -0.2) is 18.6 Å². The molecule has 1 aliphatic rings. The van der Waals surface area contributed by atoms with E-state index in [0.29, 0.717) is 54.1 Å². The van der Waals surface area contributed by atoms with Crippen LogP contribution in [0.4, 0.5) is 14.6 Å². The van der Waals surface area contributed by atoms with Crippen LogP contribution in [0.1, 0.15) is 71.1 Å². The number of nitrogens with zero attached hydrogens (tertiary/aromatic N) is 3. The first-order chi connectivity index (χ1) is 24.2. The number of aromatic nitrogens is 2. The lowest BCUT2D eigenvalue weighted by molar-refractivity contribution is -0.164. The summed E-state index contributed by atoms with van der Waals surface area (Å²) in [6.07, 6.45) is 6.12. The Hall–Kier alpha value is -4.54. The lowest BCUT2D eigenvalue weighted by atomic mass is 9.92. The van der Waals surface area contributed by atoms with Crippen LogP contribution in [0.25, 0.3) is 28.0 Å². The second-order valence-electron chi connectivity index (χ2n) is 14.4. The average Bonchev–Trinajstić information content (AvgIpc) is 3.51. The monoisotopic (exact) mass is 701 g/mol. The van der Waals surface area contributed by atoms with E-state index in [1.807, 2.05) is 57.3 Å². The Morgan fingerprint density at radius 1 is 1.08 bits per heavy atom. The first-order valence-corrected chi connectivity index (χ1v) is 17.3. The Morgan fingerprint density at radius 3 is 2.43 bits per heavy atom. The summed E-state index contributed by atoms with van der Waals surface area (Å²) in [7, 11) is 1.36. The van der Waals surface area contributed by atoms with Gasteiger partial charge in [0.2, 0.25) is 0 Å². The highest BCUT2D eigenvalue weighted by molar-refractivity contribution is 5.82. The maximum atomic E-state index is 15.5. The number of carbonyl (C=O) groups is 1. The number of methoxy groups -OCH3 is 1. The quantitative estimate of drug-likeness (QED) is 0.102. The van der Waals surface area contributed by atoms with E-state index in [0.717, 1.165) is 30.3 Å². The van der Waals surface area contributed by atoms with E-state index in [1.165, 1.54) is 13.2 Å². The van der Waals surface area contributed by atoms with Gasteiger partial charge in [-0.15, -0.1) is 13.2 Å². The van der Waals surface area contributed by atoms with Gasteiger partial charge in [-0.3, -0.25) is 4.40 Å². The summed E-state index contributed by atoms with van der Waals surface area (Å²) in [5, 5.41) is 0. The van der Waals surface area contributed by atoms with Crippen molar-refractivity contribution in [1.29, 1.82) is 0 Å². The molecule has 3 heterocycles. The van der Waals surface area contributed by atoms with Crippen LogP contribution in [0.3, 0.4) is 0 Å². The molecule has 2 aromatic carbocycles. The minimum absolute atomic E-state index is 0.0330. The number of pyridine rings is 1. The second-order valence-corrected chi connectivity index (χ2v) is 14.4. The van der Waals surface area contributed by atoms with Crippen LogP contribution in [-0.2, 0) is 19.0 Å². The summed E-state index contributed by atoms with van der Waals surface area (Å²) in [6.45, 7) is 20.9. The van der Waals surface area contributed by atoms with Gasteiger partial charge in [0.1, 0.15) is 17.2 Å². The number of hydrogen-bond donors (Lipinski definition) is 0. The van der Waals surface area contributed by atoms with E-state index >= 15 is 4.39 Å². The van der Waals surface area contributed by atoms with E-state index in [4.69, 9.17) is 23.9 Å². The largest absolute Gasteiger partial charge is 0.490 e. The van der Waals surface area contributed by atoms with Gasteiger partial charge in [-0.05, 0) is 89.8 Å². The van der Waals surface area contributed by atoms with Gasteiger partial charge in [0, 0.05) is 36.8 Å². The van der Waals surface area contributed by atoms with Crippen molar-refractivity contribution >= 4 is 17.4 Å². The molecule has 10 heteroatoms. The highest BCUT2D eigenvalue weighted by Crippen LogP contribution is 2.41. The molecule has 0 amide bonds. The third-order valence-electron chi connectivity index (χ3n) is 9.12. The summed E-state index contributed by atoms with van der Waals surface area (Å²) >= 11 is 0. The number of piperidine rings is 1. The third-order valence-corrected chi connectivity index (χ3v) is 9.12. The van der Waals surface area contributed by atoms with E-state index in [-0.39, 0.29) is 23.0 Å². The summed E-state index contributed by atoms with van der Waals surface area (Å²) in [6, 6.07) is 11.6. The molecule has 2 aromatic heterocycles. The Bertz CT molecular complexity index is 1910. The summed E-state index contributed by atoms with van der Waals surface area (Å²) in [5.41, 5.74) is 2.95. The number of fused-ring (bicyclic) bond motifs is 1. The Balaban J connectivity index is 1.66. The van der Waals surface area contributed by atoms with Crippen LogP contribution in [0.2, 0.25) is 0 Å². The van der Waals surface area contributed by atoms with Crippen molar-refractivity contribution in [1.82, 2.24) is 9.38 Å². The zero-order valence-electron chi connectivity index (χ0n) is 30.7. The molecule has 1 aliphatic heterocycles. The van der Waals surface area contributed by atoms with Gasteiger partial charge >= 0.3 is 5.97 Å². The van der Waals surface area contributed by atoms with Gasteiger partial charge in [0.25, 0.3) is 0 Å². The molecule has 0 N–H and O–H groups in total. The molecule has 4 aromatic rings. The van der Waals surface area contributed by atoms with Crippen molar-refractivity contribution in [2.75, 3.05) is 31.7 Å². The van der Waals surface area contributed by atoms with Crippen molar-refractivity contribution < 1.29 is 32.5 Å². The number of benzene rings is 2. The first-order valence-electron chi connectivity index (χ1n) is 17.3. The fraction of sp³-hybridized carbons (Fsp3) is 0.415. The third kappa shape index (κ3) is 8.34. The van der Waals surface area contributed by atoms with Crippen molar-refractivity contribution in [2.45, 2.75) is 84.2 Å². The molecule has 0 saturated carbocycles. The predicted octanol–water partition coefficient (Wildman–Crippen LogP) is 9.19. The molecule has 0 aliphatic carbocycles. The van der Waals surface area contributed by atoms with Crippen LogP contribution >= 0.6 is 0 Å². The van der Waals surface area contributed by atoms with Crippen molar-refractivity contribution in [3.05, 3.63) is 96.7 Å². The topological polar surface area (TPSA) is 74.5 Å². The van der Waals surface area contributed by atoms with Crippen molar-refractivity contribution in [2.24, 2.45) is 0 Å². The molecular weight excluding hydrogens is 652 g/mol. The summed E-state index contributed by atoms with van der Waals surface area (Å²) < 4.78 is 56.0. The molecule has 5 rings (SSSR count). The maximum absolute atomic E-state index is 15.5. The second kappa shape index (κ2) is 15.4. The van der Waals surface area contributed by atoms with Crippen molar-refractivity contribution in [3.8, 4) is 28.1 Å². The fourth-order valence-electron chi connectivity index (χ4n) is 6.54. The molecule has 8 nitrogen and oxygen atoms in total. The maximum Gasteiger partial charge on any atom is 0.339 e. The van der Waals surface area contributed by atoms with Crippen molar-refractivity contribution in [3.63, 3.8) is 0 Å². The number of esters is 1. The van der Waals surface area contributed by atoms with Crippen LogP contribution < -0.4 is 9.64 Å². The molecule has 1 saturated heterocycles. The molecule has 0 bridgehead atoms. The average molecular weight is 702 g/mol. The van der Waals surface area contributed by atoms with E-state index < -0.39 is 29.3 Å². The fourth-order valence-corrected chi connectivity index (χ4v) is 6.54. The first kappa shape index (κ1) is 37.7. The van der Waals surface area contributed by atoms with Crippen LogP contribution in [-0.4, -0.2) is 59.5 Å². The number of rotatable bonds is 13. The number of imidazole rings is 1. The number of hydrogen-bond acceptors (Lipinski definition) is 7. The van der Waals surface area contributed by atoms with E-state index in [1.54, 1.807) is 30.4 Å². The van der Waals surface area contributed by atoms with Crippen LogP contribution in [0.5, 0.6) is 5.75 Å². The standard InChI is InChI=1S/C41H49F2N3O5/c1-10-13-27(4)50-32-17-16-30(42)36(43)35(32)29-15-12-14-28(24-29)31-25-46-33(44-31)23-26(3)34(37(39(47)48-9)51-40(5,6)7)38(46)45-20-18-41(8,19-21-45)49-22-11-2/h10-12,14-17,23-25,27,37H,1-2,13,18-22H2,3-9H3. The molecular formula is C41H49F2N3O5. The zero-order valence-corrected chi connectivity index (χ0v) is 30.7. The number of ether oxygens (including phenoxy) is 4. The lowest BCUT2D eigenvalue weighted by Crippen LogP contribution is -2.45. The van der Waals surface area contributed by atoms with Gasteiger partial charge < -0.3 is 23.8 Å². The molecule has 0 spiro atoms. The Labute approximate surface area is 299 Å². The molecule has 2 unspecified atom stereocenters. The smallest absolute Gasteiger partial charge is 0.339 e. The summed E-state index contributed by atoms with van der Waals surface area (Å²) in [4.78, 5) is 20.7. The molecule has 272 valence electrons. The van der Waals surface area contributed by atoms with E-state index in [2.05, 4.69) is 25.0 Å². The minimum atomic E-state index is -1.01. The van der Waals surface area contributed by atoms with Gasteiger partial charge in [0.05, 0.1) is 42.3 Å². The number of carbonyl (C=O) groups excluding carboxylic acids is 1. The Kier molecular flexibility index (Phi) is 11.4. The number of halogens is 2. The highest BCUT2D eigenvalue weighted by Gasteiger charge is 2.37. The van der Waals surface area contributed by atoms with Crippen LogP contribution in [0, 0.1) is 18.6 Å². The highest BCUT2D eigenvalue weighted by atomic mass is 19.2. The Morgan fingerprint density at radius 2 is 1.78 bits per heavy atom. The molecule has 2 atom stereocenters. The van der Waals surface area contributed by atoms with Gasteiger partial charge in [-0.1, -0.05) is 30.4 Å². The summed E-state index contributed by atoms with van der Waals surface area (Å²) in [5.74, 6) is -1.46. The SMILES string of the molecule is C=CCOC1(C)CCN(c2c(C(OC(C)(C)C)C(=O)OC)c(C)cc3nc(-c4cccc(-c5c(OC(C)CC=C)ccc(F)c5F)c4)cn23)CC1. The van der Waals surface area contributed by atoms with Gasteiger partial charge in [0.15, 0.2) is 17.7 Å². The molecule has 0 radical (unpaired) electrons. The van der Waals surface area contributed by atoms with Crippen LogP contribution in [0.15, 0.2) is 74.0 Å². The number of anilines is 1.